The van der Waals surface area contributed by atoms with E-state index >= 15 is 0 Å². The molecule has 13 nitrogen and oxygen atoms in total. The van der Waals surface area contributed by atoms with Gasteiger partial charge >= 0.3 is 5.97 Å². The molecule has 0 radical (unpaired) electrons. The van der Waals surface area contributed by atoms with Crippen LogP contribution in [0, 0.1) is 0 Å². The molecule has 234 valence electrons. The van der Waals surface area contributed by atoms with E-state index in [0.717, 1.165) is 11.1 Å². The van der Waals surface area contributed by atoms with Crippen LogP contribution in [0.2, 0.25) is 0 Å². The second kappa shape index (κ2) is 18.8. The molecule has 0 aliphatic carbocycles. The fourth-order valence-electron chi connectivity index (χ4n) is 4.34. The maximum absolute atomic E-state index is 13.5. The third-order valence-electron chi connectivity index (χ3n) is 6.70. The molecule has 0 aliphatic heterocycles. The number of amides is 3. The molecule has 43 heavy (non-hydrogen) atoms. The molecule has 0 bridgehead atoms. The largest absolute Gasteiger partial charge is 0.480 e. The highest BCUT2D eigenvalue weighted by atomic mass is 16.4. The van der Waals surface area contributed by atoms with E-state index in [-0.39, 0.29) is 31.8 Å². The van der Waals surface area contributed by atoms with Crippen LogP contribution in [-0.4, -0.2) is 72.0 Å². The number of aliphatic carboxylic acids is 1. The highest BCUT2D eigenvalue weighted by Crippen LogP contribution is 2.09. The molecule has 0 aromatic heterocycles. The van der Waals surface area contributed by atoms with Gasteiger partial charge in [-0.3, -0.25) is 19.4 Å². The summed E-state index contributed by atoms with van der Waals surface area (Å²) < 4.78 is 0. The van der Waals surface area contributed by atoms with Crippen LogP contribution in [-0.2, 0) is 32.0 Å². The number of nitrogens with zero attached hydrogens (tertiary/aromatic N) is 1. The van der Waals surface area contributed by atoms with Crippen molar-refractivity contribution in [3.8, 4) is 0 Å². The summed E-state index contributed by atoms with van der Waals surface area (Å²) >= 11 is 0. The van der Waals surface area contributed by atoms with Gasteiger partial charge in [0.1, 0.15) is 18.1 Å². The summed E-state index contributed by atoms with van der Waals surface area (Å²) in [6, 6.07) is 13.6. The molecule has 13 heteroatoms. The zero-order chi connectivity index (χ0) is 31.6. The highest BCUT2D eigenvalue weighted by molar-refractivity contribution is 5.94. The van der Waals surface area contributed by atoms with Crippen molar-refractivity contribution >= 4 is 29.7 Å². The molecule has 3 amide bonds. The van der Waals surface area contributed by atoms with E-state index in [1.807, 2.05) is 12.1 Å². The number of carboxylic acids is 1. The molecule has 0 saturated heterocycles. The third kappa shape index (κ3) is 13.4. The molecular formula is C30H44N8O5. The van der Waals surface area contributed by atoms with Crippen LogP contribution >= 0.6 is 0 Å². The van der Waals surface area contributed by atoms with Gasteiger partial charge in [0.15, 0.2) is 5.96 Å². The van der Waals surface area contributed by atoms with Crippen molar-refractivity contribution in [2.75, 3.05) is 13.1 Å². The van der Waals surface area contributed by atoms with Gasteiger partial charge in [0, 0.05) is 19.4 Å². The van der Waals surface area contributed by atoms with Gasteiger partial charge in [-0.25, -0.2) is 4.79 Å². The van der Waals surface area contributed by atoms with Gasteiger partial charge in [0.25, 0.3) is 0 Å². The first-order valence-electron chi connectivity index (χ1n) is 14.3. The van der Waals surface area contributed by atoms with E-state index < -0.39 is 47.9 Å². The van der Waals surface area contributed by atoms with Gasteiger partial charge in [-0.2, -0.15) is 0 Å². The molecule has 4 unspecified atom stereocenters. The molecule has 0 fully saturated rings. The van der Waals surface area contributed by atoms with Gasteiger partial charge in [0.05, 0.1) is 6.04 Å². The van der Waals surface area contributed by atoms with Gasteiger partial charge in [-0.1, -0.05) is 67.1 Å². The lowest BCUT2D eigenvalue weighted by atomic mass is 10.0. The van der Waals surface area contributed by atoms with Gasteiger partial charge < -0.3 is 44.0 Å². The summed E-state index contributed by atoms with van der Waals surface area (Å²) in [5, 5.41) is 17.8. The fraction of sp³-hybridized carbons (Fsp3) is 0.433. The fourth-order valence-corrected chi connectivity index (χ4v) is 4.34. The summed E-state index contributed by atoms with van der Waals surface area (Å²) in [5.74, 6) is -3.13. The van der Waals surface area contributed by atoms with Crippen LogP contribution < -0.4 is 38.9 Å². The van der Waals surface area contributed by atoms with E-state index in [9.17, 15) is 24.3 Å². The first kappa shape index (κ1) is 34.7. The standard InChI is InChI=1S/C30H44N8O5/c31-16-8-7-14-22(32)26(39)36-23(15-9-17-35-30(33)34)27(40)37-24(18-20-10-3-1-4-11-20)28(41)38-25(29(42)43)19-21-12-5-2-6-13-21/h1-6,10-13,22-25H,7-9,14-19,31-32H2,(H,36,39)(H,37,40)(H,38,41)(H,42,43)(H4,33,34,35). The quantitative estimate of drug-likeness (QED) is 0.0592. The average molecular weight is 597 g/mol. The van der Waals surface area contributed by atoms with E-state index in [2.05, 4.69) is 20.9 Å². The summed E-state index contributed by atoms with van der Waals surface area (Å²) in [6.45, 7) is 0.696. The van der Waals surface area contributed by atoms with Gasteiger partial charge in [0.2, 0.25) is 17.7 Å². The Morgan fingerprint density at radius 1 is 0.698 bits per heavy atom. The Bertz CT molecular complexity index is 1190. The Morgan fingerprint density at radius 2 is 1.21 bits per heavy atom. The number of aliphatic imine (C=N–C) groups is 1. The first-order chi connectivity index (χ1) is 20.6. The second-order valence-corrected chi connectivity index (χ2v) is 10.2. The molecule has 0 spiro atoms. The normalized spacial score (nSPS) is 13.5. The smallest absolute Gasteiger partial charge is 0.326 e. The Morgan fingerprint density at radius 3 is 1.74 bits per heavy atom. The number of nitrogens with one attached hydrogen (secondary N) is 3. The van der Waals surface area contributed by atoms with E-state index in [0.29, 0.717) is 32.2 Å². The molecule has 2 aromatic carbocycles. The zero-order valence-electron chi connectivity index (χ0n) is 24.3. The number of carbonyl (C=O) groups is 4. The molecule has 2 rings (SSSR count). The minimum absolute atomic E-state index is 0.0550. The van der Waals surface area contributed by atoms with Crippen LogP contribution in [0.25, 0.3) is 0 Å². The molecule has 0 aliphatic rings. The monoisotopic (exact) mass is 596 g/mol. The van der Waals surface area contributed by atoms with Crippen LogP contribution in [0.5, 0.6) is 0 Å². The minimum atomic E-state index is -1.23. The van der Waals surface area contributed by atoms with Crippen LogP contribution in [0.1, 0.15) is 43.2 Å². The van der Waals surface area contributed by atoms with E-state index in [4.69, 9.17) is 22.9 Å². The van der Waals surface area contributed by atoms with Crippen molar-refractivity contribution in [1.29, 1.82) is 0 Å². The third-order valence-corrected chi connectivity index (χ3v) is 6.70. The number of carboxylic acid groups (broad SMARTS) is 1. The Balaban J connectivity index is 2.23. The summed E-state index contributed by atoms with van der Waals surface area (Å²) in [5.41, 5.74) is 23.8. The topological polar surface area (TPSA) is 241 Å². The molecule has 4 atom stereocenters. The minimum Gasteiger partial charge on any atom is -0.480 e. The van der Waals surface area contributed by atoms with Crippen molar-refractivity contribution in [2.45, 2.75) is 69.1 Å². The lowest BCUT2D eigenvalue weighted by molar-refractivity contribution is -0.142. The predicted molar refractivity (Wildman–Crippen MR) is 165 cm³/mol. The lowest BCUT2D eigenvalue weighted by Gasteiger charge is -2.25. The molecule has 12 N–H and O–H groups in total. The molecule has 2 aromatic rings. The highest BCUT2D eigenvalue weighted by Gasteiger charge is 2.30. The van der Waals surface area contributed by atoms with E-state index in [1.165, 1.54) is 0 Å². The number of guanidine groups is 1. The van der Waals surface area contributed by atoms with Gasteiger partial charge in [-0.15, -0.1) is 0 Å². The SMILES string of the molecule is NCCCCC(N)C(=O)NC(CCCN=C(N)N)C(=O)NC(Cc1ccccc1)C(=O)NC(Cc1ccccc1)C(=O)O. The Labute approximate surface area is 251 Å². The van der Waals surface area contributed by atoms with Gasteiger partial charge in [-0.05, 0) is 43.4 Å². The predicted octanol–water partition coefficient (Wildman–Crippen LogP) is -0.479. The van der Waals surface area contributed by atoms with Crippen molar-refractivity contribution in [2.24, 2.45) is 27.9 Å². The van der Waals surface area contributed by atoms with E-state index in [1.54, 1.807) is 48.5 Å². The van der Waals surface area contributed by atoms with Crippen molar-refractivity contribution in [1.82, 2.24) is 16.0 Å². The van der Waals surface area contributed by atoms with Crippen molar-refractivity contribution in [3.05, 3.63) is 71.8 Å². The number of unbranched alkanes of at least 4 members (excludes halogenated alkanes) is 1. The number of benzene rings is 2. The summed E-state index contributed by atoms with van der Waals surface area (Å²) in [7, 11) is 0. The summed E-state index contributed by atoms with van der Waals surface area (Å²) in [4.78, 5) is 55.8. The summed E-state index contributed by atoms with van der Waals surface area (Å²) in [6.07, 6.45) is 2.41. The first-order valence-corrected chi connectivity index (χ1v) is 14.3. The average Bonchev–Trinajstić information content (AvgIpc) is 2.98. The molecule has 0 saturated carbocycles. The maximum atomic E-state index is 13.5. The number of hydrogen-bond donors (Lipinski definition) is 8. The lowest BCUT2D eigenvalue weighted by Crippen LogP contribution is -2.57. The van der Waals surface area contributed by atoms with Crippen LogP contribution in [0.3, 0.4) is 0 Å². The Kier molecular flexibility index (Phi) is 15.2. The second-order valence-electron chi connectivity index (χ2n) is 10.2. The number of nitrogens with two attached hydrogens (primary N) is 4. The van der Waals surface area contributed by atoms with Crippen LogP contribution in [0.4, 0.5) is 0 Å². The molecular weight excluding hydrogens is 552 g/mol. The maximum Gasteiger partial charge on any atom is 0.326 e. The zero-order valence-corrected chi connectivity index (χ0v) is 24.3. The number of carbonyl (C=O) groups excluding carboxylic acids is 3. The molecule has 0 heterocycles. The Hall–Kier alpha value is -4.49. The number of rotatable bonds is 19. The number of hydrogen-bond acceptors (Lipinski definition) is 7. The van der Waals surface area contributed by atoms with Crippen molar-refractivity contribution in [3.63, 3.8) is 0 Å². The van der Waals surface area contributed by atoms with Crippen molar-refractivity contribution < 1.29 is 24.3 Å². The van der Waals surface area contributed by atoms with Crippen LogP contribution in [0.15, 0.2) is 65.7 Å².